The molecular weight excluding hydrogens is 212 g/mol. The van der Waals surface area contributed by atoms with E-state index >= 15 is 0 Å². The molecule has 0 radical (unpaired) electrons. The van der Waals surface area contributed by atoms with Gasteiger partial charge in [-0.1, -0.05) is 0 Å². The number of nitrogens with one attached hydrogen (secondary N) is 1. The zero-order chi connectivity index (χ0) is 12.1. The van der Waals surface area contributed by atoms with E-state index in [-0.39, 0.29) is 0 Å². The normalized spacial score (nSPS) is 18.2. The molecule has 1 aromatic heterocycles. The first-order chi connectivity index (χ1) is 8.25. The topological polar surface area (TPSA) is 54.2 Å². The fourth-order valence-corrected chi connectivity index (χ4v) is 2.31. The Kier molecular flexibility index (Phi) is 4.20. The Morgan fingerprint density at radius 3 is 2.94 bits per heavy atom. The van der Waals surface area contributed by atoms with Crippen LogP contribution in [0.2, 0.25) is 0 Å². The molecule has 4 heteroatoms. The van der Waals surface area contributed by atoms with Crippen molar-refractivity contribution in [3.8, 4) is 0 Å². The average molecular weight is 234 g/mol. The van der Waals surface area contributed by atoms with Crippen molar-refractivity contribution in [1.82, 2.24) is 9.88 Å². The highest BCUT2D eigenvalue weighted by atomic mass is 15.1. The van der Waals surface area contributed by atoms with E-state index in [2.05, 4.69) is 22.2 Å². The van der Waals surface area contributed by atoms with Crippen LogP contribution in [0.4, 0.5) is 11.5 Å². The molecule has 1 aliphatic heterocycles. The van der Waals surface area contributed by atoms with Crippen molar-refractivity contribution in [2.24, 2.45) is 5.92 Å². The summed E-state index contributed by atoms with van der Waals surface area (Å²) >= 11 is 0. The summed E-state index contributed by atoms with van der Waals surface area (Å²) in [5.41, 5.74) is 6.56. The SMILES string of the molecule is CN1CCC(CCNc2ncccc2N)CC1. The van der Waals surface area contributed by atoms with Crippen LogP contribution in [-0.4, -0.2) is 36.6 Å². The lowest BCUT2D eigenvalue weighted by Gasteiger charge is -2.28. The van der Waals surface area contributed by atoms with Crippen LogP contribution in [0.25, 0.3) is 0 Å². The van der Waals surface area contributed by atoms with E-state index in [1.54, 1.807) is 6.20 Å². The molecule has 2 heterocycles. The van der Waals surface area contributed by atoms with Crippen molar-refractivity contribution < 1.29 is 0 Å². The maximum absolute atomic E-state index is 5.83. The molecule has 2 rings (SSSR count). The minimum absolute atomic E-state index is 0.732. The molecule has 17 heavy (non-hydrogen) atoms. The van der Waals surface area contributed by atoms with E-state index in [1.807, 2.05) is 12.1 Å². The summed E-state index contributed by atoms with van der Waals surface area (Å²) < 4.78 is 0. The molecule has 94 valence electrons. The smallest absolute Gasteiger partial charge is 0.149 e. The number of hydrogen-bond acceptors (Lipinski definition) is 4. The van der Waals surface area contributed by atoms with E-state index in [4.69, 9.17) is 5.73 Å². The molecule has 1 fully saturated rings. The van der Waals surface area contributed by atoms with Gasteiger partial charge in [-0.3, -0.25) is 0 Å². The summed E-state index contributed by atoms with van der Waals surface area (Å²) in [6.07, 6.45) is 5.61. The van der Waals surface area contributed by atoms with Gasteiger partial charge in [0.15, 0.2) is 0 Å². The molecule has 0 aromatic carbocycles. The third-order valence-corrected chi connectivity index (χ3v) is 3.52. The maximum atomic E-state index is 5.83. The lowest BCUT2D eigenvalue weighted by Crippen LogP contribution is -2.30. The Hall–Kier alpha value is -1.29. The Balaban J connectivity index is 1.71. The standard InChI is InChI=1S/C13H22N4/c1-17-9-5-11(6-10-17)4-8-16-13-12(14)3-2-7-15-13/h2-3,7,11H,4-6,8-10,14H2,1H3,(H,15,16). The highest BCUT2D eigenvalue weighted by Crippen LogP contribution is 2.20. The van der Waals surface area contributed by atoms with Crippen molar-refractivity contribution in [1.29, 1.82) is 0 Å². The van der Waals surface area contributed by atoms with Gasteiger partial charge in [-0.25, -0.2) is 4.98 Å². The Morgan fingerprint density at radius 2 is 2.24 bits per heavy atom. The monoisotopic (exact) mass is 234 g/mol. The van der Waals surface area contributed by atoms with Crippen LogP contribution in [0.3, 0.4) is 0 Å². The van der Waals surface area contributed by atoms with Crippen LogP contribution in [-0.2, 0) is 0 Å². The van der Waals surface area contributed by atoms with Crippen molar-refractivity contribution in [2.45, 2.75) is 19.3 Å². The molecule has 0 aliphatic carbocycles. The Labute approximate surface area is 103 Å². The molecule has 3 N–H and O–H groups in total. The van der Waals surface area contributed by atoms with Gasteiger partial charge in [0.2, 0.25) is 0 Å². The maximum Gasteiger partial charge on any atom is 0.149 e. The third-order valence-electron chi connectivity index (χ3n) is 3.52. The van der Waals surface area contributed by atoms with E-state index < -0.39 is 0 Å². The van der Waals surface area contributed by atoms with E-state index in [9.17, 15) is 0 Å². The second-order valence-corrected chi connectivity index (χ2v) is 4.90. The van der Waals surface area contributed by atoms with Gasteiger partial charge in [0.25, 0.3) is 0 Å². The second kappa shape index (κ2) is 5.87. The number of piperidine rings is 1. The number of aromatic nitrogens is 1. The summed E-state index contributed by atoms with van der Waals surface area (Å²) in [6, 6.07) is 3.74. The highest BCUT2D eigenvalue weighted by Gasteiger charge is 2.15. The summed E-state index contributed by atoms with van der Waals surface area (Å²) in [5, 5.41) is 3.32. The Bertz CT molecular complexity index is 345. The number of nitrogens with zero attached hydrogens (tertiary/aromatic N) is 2. The molecule has 0 amide bonds. The fourth-order valence-electron chi connectivity index (χ4n) is 2.31. The number of nitrogen functional groups attached to an aromatic ring is 1. The predicted octanol–water partition coefficient (Wildman–Crippen LogP) is 1.81. The minimum Gasteiger partial charge on any atom is -0.396 e. The fraction of sp³-hybridized carbons (Fsp3) is 0.615. The quantitative estimate of drug-likeness (QED) is 0.834. The summed E-state index contributed by atoms with van der Waals surface area (Å²) in [5.74, 6) is 1.67. The molecule has 0 unspecified atom stereocenters. The summed E-state index contributed by atoms with van der Waals surface area (Å²) in [6.45, 7) is 3.43. The number of likely N-dealkylation sites (tertiary alicyclic amines) is 1. The van der Waals surface area contributed by atoms with Crippen LogP contribution >= 0.6 is 0 Å². The molecule has 1 saturated heterocycles. The summed E-state index contributed by atoms with van der Waals surface area (Å²) in [7, 11) is 2.20. The first-order valence-corrected chi connectivity index (χ1v) is 6.38. The number of hydrogen-bond donors (Lipinski definition) is 2. The van der Waals surface area contributed by atoms with Crippen molar-refractivity contribution >= 4 is 11.5 Å². The van der Waals surface area contributed by atoms with Crippen LogP contribution < -0.4 is 11.1 Å². The van der Waals surface area contributed by atoms with Gasteiger partial charge in [-0.2, -0.15) is 0 Å². The predicted molar refractivity (Wildman–Crippen MR) is 72.0 cm³/mol. The third kappa shape index (κ3) is 3.60. The average Bonchev–Trinajstić information content (AvgIpc) is 2.34. The van der Waals surface area contributed by atoms with Gasteiger partial charge >= 0.3 is 0 Å². The zero-order valence-corrected chi connectivity index (χ0v) is 10.5. The number of pyridine rings is 1. The van der Waals surface area contributed by atoms with E-state index in [0.29, 0.717) is 0 Å². The number of nitrogens with two attached hydrogens (primary N) is 1. The van der Waals surface area contributed by atoms with Gasteiger partial charge in [0, 0.05) is 12.7 Å². The van der Waals surface area contributed by atoms with E-state index in [0.717, 1.165) is 24.0 Å². The van der Waals surface area contributed by atoms with Crippen molar-refractivity contribution in [2.75, 3.05) is 37.7 Å². The number of rotatable bonds is 4. The first-order valence-electron chi connectivity index (χ1n) is 6.38. The van der Waals surface area contributed by atoms with Crippen LogP contribution in [0, 0.1) is 5.92 Å². The van der Waals surface area contributed by atoms with Gasteiger partial charge in [0.1, 0.15) is 5.82 Å². The van der Waals surface area contributed by atoms with Crippen LogP contribution in [0.15, 0.2) is 18.3 Å². The van der Waals surface area contributed by atoms with Gasteiger partial charge < -0.3 is 16.0 Å². The molecule has 0 saturated carbocycles. The molecule has 1 aliphatic rings. The second-order valence-electron chi connectivity index (χ2n) is 4.90. The van der Waals surface area contributed by atoms with Gasteiger partial charge in [0.05, 0.1) is 5.69 Å². The zero-order valence-electron chi connectivity index (χ0n) is 10.5. The number of anilines is 2. The molecule has 4 nitrogen and oxygen atoms in total. The minimum atomic E-state index is 0.732. The van der Waals surface area contributed by atoms with Crippen LogP contribution in [0.5, 0.6) is 0 Å². The molecule has 0 atom stereocenters. The van der Waals surface area contributed by atoms with Gasteiger partial charge in [-0.05, 0) is 57.5 Å². The van der Waals surface area contributed by atoms with E-state index in [1.165, 1.54) is 32.4 Å². The summed E-state index contributed by atoms with van der Waals surface area (Å²) in [4.78, 5) is 6.63. The Morgan fingerprint density at radius 1 is 1.47 bits per heavy atom. The van der Waals surface area contributed by atoms with Gasteiger partial charge in [-0.15, -0.1) is 0 Å². The first kappa shape index (κ1) is 12.2. The molecule has 0 spiro atoms. The lowest BCUT2D eigenvalue weighted by atomic mass is 9.94. The lowest BCUT2D eigenvalue weighted by molar-refractivity contribution is 0.215. The highest BCUT2D eigenvalue weighted by molar-refractivity contribution is 5.60. The molecular formula is C13H22N4. The molecule has 0 bridgehead atoms. The molecule has 1 aromatic rings. The van der Waals surface area contributed by atoms with Crippen molar-refractivity contribution in [3.05, 3.63) is 18.3 Å². The van der Waals surface area contributed by atoms with Crippen molar-refractivity contribution in [3.63, 3.8) is 0 Å². The van der Waals surface area contributed by atoms with Crippen LogP contribution in [0.1, 0.15) is 19.3 Å². The largest absolute Gasteiger partial charge is 0.396 e.